The summed E-state index contributed by atoms with van der Waals surface area (Å²) >= 11 is 0. The summed E-state index contributed by atoms with van der Waals surface area (Å²) in [6.45, 7) is 0. The lowest BCUT2D eigenvalue weighted by Crippen LogP contribution is -2.11. The highest BCUT2D eigenvalue weighted by atomic mass is 16.3. The van der Waals surface area contributed by atoms with E-state index in [0.29, 0.717) is 5.84 Å². The van der Waals surface area contributed by atoms with Crippen LogP contribution in [0.3, 0.4) is 0 Å². The van der Waals surface area contributed by atoms with Gasteiger partial charge in [0.15, 0.2) is 5.84 Å². The van der Waals surface area contributed by atoms with Crippen molar-refractivity contribution in [2.45, 2.75) is 0 Å². The van der Waals surface area contributed by atoms with Crippen LogP contribution in [0.1, 0.15) is 11.1 Å². The molecule has 50 heavy (non-hydrogen) atoms. The Morgan fingerprint density at radius 2 is 1.24 bits per heavy atom. The maximum Gasteiger partial charge on any atom is 0.229 e. The van der Waals surface area contributed by atoms with Gasteiger partial charge in [0.2, 0.25) is 5.96 Å². The fourth-order valence-electron chi connectivity index (χ4n) is 6.83. The van der Waals surface area contributed by atoms with Crippen LogP contribution in [0.4, 0.5) is 0 Å². The summed E-state index contributed by atoms with van der Waals surface area (Å²) < 4.78 is 8.35. The van der Waals surface area contributed by atoms with Gasteiger partial charge in [-0.3, -0.25) is 9.98 Å². The van der Waals surface area contributed by atoms with Gasteiger partial charge in [-0.05, 0) is 64.2 Å². The van der Waals surface area contributed by atoms with Crippen molar-refractivity contribution in [2.24, 2.45) is 9.98 Å². The van der Waals surface area contributed by atoms with Crippen LogP contribution in [0.5, 0.6) is 0 Å². The summed E-state index contributed by atoms with van der Waals surface area (Å²) in [5.74, 6) is 0.483. The second kappa shape index (κ2) is 12.3. The van der Waals surface area contributed by atoms with E-state index < -0.39 is 0 Å². The molecule has 0 bridgehead atoms. The monoisotopic (exact) mass is 642 g/mol. The second-order valence-electron chi connectivity index (χ2n) is 12.2. The van der Waals surface area contributed by atoms with E-state index >= 15 is 0 Å². The van der Waals surface area contributed by atoms with Crippen LogP contribution in [0.25, 0.3) is 66.0 Å². The lowest BCUT2D eigenvalue weighted by molar-refractivity contribution is 0.669. The maximum absolute atomic E-state index is 9.44. The Hall–Kier alpha value is -6.85. The standard InChI is InChI=1S/C45H30N4O/c46-45(49-39-21-11-10-19-36(39)38-27-33(24-26-40(38)49)31-15-6-2-7-16-31)48-44(47-29-30-13-4-1-5-14-30)34-23-25-37-42(28-34)50-41-22-12-20-35(43(37)41)32-17-8-3-9-18-32/h1-29,46H. The number of rotatable bonds is 4. The van der Waals surface area contributed by atoms with Crippen LogP contribution < -0.4 is 0 Å². The van der Waals surface area contributed by atoms with E-state index in [4.69, 9.17) is 14.4 Å². The van der Waals surface area contributed by atoms with E-state index in [1.165, 1.54) is 0 Å². The average Bonchev–Trinajstić information content (AvgIpc) is 3.72. The smallest absolute Gasteiger partial charge is 0.229 e. The molecule has 0 atom stereocenters. The zero-order valence-corrected chi connectivity index (χ0v) is 27.0. The summed E-state index contributed by atoms with van der Waals surface area (Å²) in [7, 11) is 0. The number of nitrogens with one attached hydrogen (secondary N) is 1. The van der Waals surface area contributed by atoms with E-state index in [2.05, 4.69) is 84.9 Å². The maximum atomic E-state index is 9.44. The SMILES string of the molecule is N=C(N=C(N=Cc1ccccc1)c1ccc2c(c1)oc1cccc(-c3ccccc3)c12)n1c2ccccc2c2cc(-c3ccccc3)ccc21. The molecular weight excluding hydrogens is 613 g/mol. The van der Waals surface area contributed by atoms with Crippen LogP contribution in [0.2, 0.25) is 0 Å². The van der Waals surface area contributed by atoms with E-state index in [1.807, 2.05) is 89.5 Å². The largest absolute Gasteiger partial charge is 0.456 e. The number of aromatic nitrogens is 1. The molecule has 1 N–H and O–H groups in total. The molecule has 5 heteroatoms. The number of hydrogen-bond acceptors (Lipinski definition) is 2. The Morgan fingerprint density at radius 3 is 2.04 bits per heavy atom. The first-order valence-corrected chi connectivity index (χ1v) is 16.6. The Labute approximate surface area is 288 Å². The van der Waals surface area contributed by atoms with Gasteiger partial charge in [0.25, 0.3) is 0 Å². The van der Waals surface area contributed by atoms with Gasteiger partial charge >= 0.3 is 0 Å². The van der Waals surface area contributed by atoms with E-state index in [9.17, 15) is 5.41 Å². The molecule has 0 radical (unpaired) electrons. The summed E-state index contributed by atoms with van der Waals surface area (Å²) in [4.78, 5) is 9.82. The third-order valence-corrected chi connectivity index (χ3v) is 9.18. The van der Waals surface area contributed by atoms with Crippen molar-refractivity contribution >= 4 is 61.8 Å². The lowest BCUT2D eigenvalue weighted by Gasteiger charge is -2.08. The van der Waals surface area contributed by atoms with Crippen molar-refractivity contribution in [3.63, 3.8) is 0 Å². The number of nitrogens with zero attached hydrogens (tertiary/aromatic N) is 3. The first-order valence-electron chi connectivity index (χ1n) is 16.6. The van der Waals surface area contributed by atoms with Crippen molar-refractivity contribution in [1.29, 1.82) is 5.41 Å². The van der Waals surface area contributed by atoms with Crippen LogP contribution >= 0.6 is 0 Å². The molecule has 5 nitrogen and oxygen atoms in total. The molecule has 0 saturated heterocycles. The molecular formula is C45H30N4O. The molecule has 0 aliphatic heterocycles. The normalized spacial score (nSPS) is 12.1. The van der Waals surface area contributed by atoms with Gasteiger partial charge in [0, 0.05) is 33.3 Å². The quantitative estimate of drug-likeness (QED) is 0.151. The van der Waals surface area contributed by atoms with Gasteiger partial charge in [0.05, 0.1) is 11.0 Å². The van der Waals surface area contributed by atoms with Crippen molar-refractivity contribution in [1.82, 2.24) is 4.57 Å². The Balaban J connectivity index is 1.20. The molecule has 0 aliphatic rings. The summed E-state index contributed by atoms with van der Waals surface area (Å²) in [6, 6.07) is 57.5. The van der Waals surface area contributed by atoms with Gasteiger partial charge in [-0.25, -0.2) is 4.99 Å². The Kier molecular flexibility index (Phi) is 7.21. The minimum atomic E-state index is 0.0694. The van der Waals surface area contributed by atoms with Gasteiger partial charge in [-0.2, -0.15) is 4.99 Å². The summed E-state index contributed by atoms with van der Waals surface area (Å²) in [5.41, 5.74) is 9.59. The van der Waals surface area contributed by atoms with Gasteiger partial charge in [0.1, 0.15) is 11.2 Å². The molecule has 0 fully saturated rings. The first kappa shape index (κ1) is 29.3. The molecule has 0 unspecified atom stereocenters. The number of para-hydroxylation sites is 1. The number of hydrogen-bond donors (Lipinski definition) is 1. The van der Waals surface area contributed by atoms with Gasteiger partial charge in [-0.1, -0.05) is 133 Å². The van der Waals surface area contributed by atoms with E-state index in [1.54, 1.807) is 6.21 Å². The zero-order valence-electron chi connectivity index (χ0n) is 27.0. The van der Waals surface area contributed by atoms with E-state index in [-0.39, 0.29) is 5.96 Å². The Bertz CT molecular complexity index is 2760. The number of benzene rings is 7. The van der Waals surface area contributed by atoms with Crippen molar-refractivity contribution in [2.75, 3.05) is 0 Å². The first-order chi connectivity index (χ1) is 24.7. The lowest BCUT2D eigenvalue weighted by atomic mass is 9.99. The van der Waals surface area contributed by atoms with Crippen molar-refractivity contribution < 1.29 is 4.42 Å². The highest BCUT2D eigenvalue weighted by Gasteiger charge is 2.17. The fraction of sp³-hybridized carbons (Fsp3) is 0. The molecule has 0 amide bonds. The minimum absolute atomic E-state index is 0.0694. The average molecular weight is 643 g/mol. The predicted octanol–water partition coefficient (Wildman–Crippen LogP) is 11.4. The highest BCUT2D eigenvalue weighted by molar-refractivity contribution is 6.19. The van der Waals surface area contributed by atoms with Crippen molar-refractivity contribution in [3.8, 4) is 22.3 Å². The molecule has 0 saturated carbocycles. The third-order valence-electron chi connectivity index (χ3n) is 9.18. The molecule has 9 aromatic rings. The molecule has 2 heterocycles. The fourth-order valence-corrected chi connectivity index (χ4v) is 6.83. The highest BCUT2D eigenvalue weighted by Crippen LogP contribution is 2.37. The molecule has 0 spiro atoms. The second-order valence-corrected chi connectivity index (χ2v) is 12.2. The third kappa shape index (κ3) is 5.18. The number of furan rings is 1. The van der Waals surface area contributed by atoms with Gasteiger partial charge in [-0.15, -0.1) is 0 Å². The summed E-state index contributed by atoms with van der Waals surface area (Å²) in [6.07, 6.45) is 1.79. The molecule has 236 valence electrons. The van der Waals surface area contributed by atoms with Crippen LogP contribution in [-0.2, 0) is 0 Å². The topological polar surface area (TPSA) is 66.6 Å². The number of aliphatic imine (C=N–C) groups is 2. The van der Waals surface area contributed by atoms with Gasteiger partial charge < -0.3 is 4.42 Å². The molecule has 9 rings (SSSR count). The molecule has 7 aromatic carbocycles. The molecule has 2 aromatic heterocycles. The zero-order chi connectivity index (χ0) is 33.4. The van der Waals surface area contributed by atoms with Crippen LogP contribution in [-0.4, -0.2) is 22.6 Å². The van der Waals surface area contributed by atoms with Crippen molar-refractivity contribution in [3.05, 3.63) is 181 Å². The van der Waals surface area contributed by atoms with E-state index in [0.717, 1.165) is 77.1 Å². The number of fused-ring (bicyclic) bond motifs is 6. The molecule has 0 aliphatic carbocycles. The summed E-state index contributed by atoms with van der Waals surface area (Å²) in [5, 5.41) is 13.7. The van der Waals surface area contributed by atoms with Crippen LogP contribution in [0, 0.1) is 5.41 Å². The number of amidine groups is 1. The Morgan fingerprint density at radius 1 is 0.540 bits per heavy atom. The minimum Gasteiger partial charge on any atom is -0.456 e. The van der Waals surface area contributed by atoms with Crippen LogP contribution in [0.15, 0.2) is 184 Å². The predicted molar refractivity (Wildman–Crippen MR) is 208 cm³/mol.